The number of carbonyl (C=O) groups excluding carboxylic acids is 1. The maximum atomic E-state index is 13.1. The Hall–Kier alpha value is -3.29. The monoisotopic (exact) mass is 399 g/mol. The molecule has 152 valence electrons. The Kier molecular flexibility index (Phi) is 6.54. The number of hydrogen-bond acceptors (Lipinski definition) is 5. The number of carbonyl (C=O) groups is 1. The van der Waals surface area contributed by atoms with Gasteiger partial charge in [0, 0.05) is 19.5 Å². The summed E-state index contributed by atoms with van der Waals surface area (Å²) >= 11 is 0. The summed E-state index contributed by atoms with van der Waals surface area (Å²) in [4.78, 5) is 16.9. The molecule has 2 N–H and O–H groups in total. The maximum absolute atomic E-state index is 13.1. The second kappa shape index (κ2) is 9.27. The number of anilines is 2. The minimum Gasteiger partial charge on any atom is -0.350 e. The zero-order chi connectivity index (χ0) is 20.8. The molecule has 0 saturated heterocycles. The summed E-state index contributed by atoms with van der Waals surface area (Å²) in [5.74, 6) is -0.0233. The van der Waals surface area contributed by atoms with E-state index in [1.807, 2.05) is 13.8 Å². The second-order valence-corrected chi connectivity index (χ2v) is 7.12. The third-order valence-electron chi connectivity index (χ3n) is 4.15. The first kappa shape index (κ1) is 20.4. The molecule has 29 heavy (non-hydrogen) atoms. The minimum atomic E-state index is -0.309. The molecule has 1 heterocycles. The molecule has 8 heteroatoms. The highest BCUT2D eigenvalue weighted by atomic mass is 19.1. The first-order chi connectivity index (χ1) is 13.9. The Balaban J connectivity index is 1.73. The van der Waals surface area contributed by atoms with Crippen molar-refractivity contribution in [3.05, 3.63) is 71.3 Å². The van der Waals surface area contributed by atoms with Gasteiger partial charge in [0.15, 0.2) is 0 Å². The van der Waals surface area contributed by atoms with Crippen LogP contribution >= 0.6 is 0 Å². The molecular weight excluding hydrogens is 376 g/mol. The van der Waals surface area contributed by atoms with Crippen LogP contribution in [0.1, 0.15) is 36.2 Å². The van der Waals surface area contributed by atoms with Gasteiger partial charge in [-0.15, -0.1) is 5.10 Å². The van der Waals surface area contributed by atoms with E-state index in [1.165, 1.54) is 28.9 Å². The summed E-state index contributed by atoms with van der Waals surface area (Å²) in [5.41, 5.74) is 1.70. The Morgan fingerprint density at radius 1 is 0.931 bits per heavy atom. The summed E-state index contributed by atoms with van der Waals surface area (Å²) in [7, 11) is 0. The number of benzene rings is 2. The van der Waals surface area contributed by atoms with Crippen LogP contribution in [0.3, 0.4) is 0 Å². The highest BCUT2D eigenvalue weighted by Crippen LogP contribution is 2.15. The van der Waals surface area contributed by atoms with E-state index in [0.717, 1.165) is 11.1 Å². The first-order valence-electron chi connectivity index (χ1n) is 9.37. The minimum absolute atomic E-state index is 0.173. The van der Waals surface area contributed by atoms with Gasteiger partial charge in [0.1, 0.15) is 11.6 Å². The SMILES string of the molecule is CC(C)CC(=O)n1nc(NCc2ccc(F)cc2)nc1NCc1ccc(F)cc1. The van der Waals surface area contributed by atoms with Crippen molar-refractivity contribution in [3.8, 4) is 0 Å². The molecule has 0 unspecified atom stereocenters. The molecule has 1 aromatic heterocycles. The van der Waals surface area contributed by atoms with Gasteiger partial charge in [-0.3, -0.25) is 4.79 Å². The summed E-state index contributed by atoms with van der Waals surface area (Å²) in [6, 6.07) is 12.2. The van der Waals surface area contributed by atoms with Crippen LogP contribution in [0.25, 0.3) is 0 Å². The van der Waals surface area contributed by atoms with E-state index >= 15 is 0 Å². The van der Waals surface area contributed by atoms with Crippen LogP contribution in [-0.4, -0.2) is 20.7 Å². The fourth-order valence-corrected chi connectivity index (χ4v) is 2.68. The van der Waals surface area contributed by atoms with Gasteiger partial charge in [-0.25, -0.2) is 8.78 Å². The van der Waals surface area contributed by atoms with Crippen LogP contribution in [0.5, 0.6) is 0 Å². The second-order valence-electron chi connectivity index (χ2n) is 7.12. The van der Waals surface area contributed by atoms with E-state index in [1.54, 1.807) is 24.3 Å². The molecule has 2 aromatic carbocycles. The topological polar surface area (TPSA) is 71.8 Å². The van der Waals surface area contributed by atoms with Crippen molar-refractivity contribution in [3.63, 3.8) is 0 Å². The average molecular weight is 399 g/mol. The van der Waals surface area contributed by atoms with Gasteiger partial charge < -0.3 is 10.6 Å². The molecule has 6 nitrogen and oxygen atoms in total. The Labute approximate surface area is 168 Å². The quantitative estimate of drug-likeness (QED) is 0.585. The molecule has 3 aromatic rings. The Morgan fingerprint density at radius 2 is 1.45 bits per heavy atom. The molecule has 0 spiro atoms. The highest BCUT2D eigenvalue weighted by Gasteiger charge is 2.17. The molecule has 0 atom stereocenters. The smallest absolute Gasteiger partial charge is 0.250 e. The fourth-order valence-electron chi connectivity index (χ4n) is 2.68. The average Bonchev–Trinajstić information content (AvgIpc) is 3.10. The molecular formula is C21H23F2N5O. The predicted molar refractivity (Wildman–Crippen MR) is 108 cm³/mol. The molecule has 0 amide bonds. The van der Waals surface area contributed by atoms with Crippen molar-refractivity contribution in [2.45, 2.75) is 33.4 Å². The van der Waals surface area contributed by atoms with E-state index in [2.05, 4.69) is 20.7 Å². The molecule has 0 aliphatic heterocycles. The fraction of sp³-hybridized carbons (Fsp3) is 0.286. The lowest BCUT2D eigenvalue weighted by Crippen LogP contribution is -2.18. The number of hydrogen-bond donors (Lipinski definition) is 2. The van der Waals surface area contributed by atoms with Gasteiger partial charge in [0.2, 0.25) is 17.8 Å². The predicted octanol–water partition coefficient (Wildman–Crippen LogP) is 4.47. The van der Waals surface area contributed by atoms with Crippen LogP contribution in [0.15, 0.2) is 48.5 Å². The van der Waals surface area contributed by atoms with Crippen molar-refractivity contribution >= 4 is 17.8 Å². The highest BCUT2D eigenvalue weighted by molar-refractivity contribution is 5.81. The molecule has 0 saturated carbocycles. The molecule has 0 bridgehead atoms. The van der Waals surface area contributed by atoms with Crippen molar-refractivity contribution in [1.82, 2.24) is 14.8 Å². The van der Waals surface area contributed by atoms with Crippen molar-refractivity contribution in [2.75, 3.05) is 10.6 Å². The lowest BCUT2D eigenvalue weighted by molar-refractivity contribution is 0.0873. The summed E-state index contributed by atoms with van der Waals surface area (Å²) in [6.07, 6.45) is 0.325. The number of nitrogens with one attached hydrogen (secondary N) is 2. The normalized spacial score (nSPS) is 10.9. The summed E-state index contributed by atoms with van der Waals surface area (Å²) < 4.78 is 27.3. The van der Waals surface area contributed by atoms with E-state index in [9.17, 15) is 13.6 Å². The van der Waals surface area contributed by atoms with Gasteiger partial charge in [-0.1, -0.05) is 38.1 Å². The van der Waals surface area contributed by atoms with E-state index < -0.39 is 0 Å². The van der Waals surface area contributed by atoms with Crippen molar-refractivity contribution in [2.24, 2.45) is 5.92 Å². The molecule has 0 fully saturated rings. The van der Waals surface area contributed by atoms with Crippen molar-refractivity contribution < 1.29 is 13.6 Å². The van der Waals surface area contributed by atoms with E-state index in [0.29, 0.717) is 25.5 Å². The van der Waals surface area contributed by atoms with Crippen LogP contribution in [0.2, 0.25) is 0 Å². The lowest BCUT2D eigenvalue weighted by Gasteiger charge is -2.08. The van der Waals surface area contributed by atoms with Gasteiger partial charge in [-0.05, 0) is 41.3 Å². The largest absolute Gasteiger partial charge is 0.350 e. The van der Waals surface area contributed by atoms with Gasteiger partial charge in [0.25, 0.3) is 0 Å². The van der Waals surface area contributed by atoms with E-state index in [-0.39, 0.29) is 29.4 Å². The Bertz CT molecular complexity index is 952. The number of nitrogens with zero attached hydrogens (tertiary/aromatic N) is 3. The van der Waals surface area contributed by atoms with Crippen LogP contribution in [-0.2, 0) is 13.1 Å². The van der Waals surface area contributed by atoms with Crippen LogP contribution < -0.4 is 10.6 Å². The standard InChI is InChI=1S/C21H23F2N5O/c1-14(2)11-19(29)28-21(25-13-16-5-9-18(23)10-6-16)26-20(27-28)24-12-15-3-7-17(22)8-4-15/h3-10,14H,11-13H2,1-2H3,(H2,24,25,26,27). The lowest BCUT2D eigenvalue weighted by atomic mass is 10.1. The third kappa shape index (κ3) is 5.84. The zero-order valence-corrected chi connectivity index (χ0v) is 16.3. The van der Waals surface area contributed by atoms with E-state index in [4.69, 9.17) is 0 Å². The molecule has 0 aliphatic carbocycles. The maximum Gasteiger partial charge on any atom is 0.250 e. The molecule has 0 aliphatic rings. The van der Waals surface area contributed by atoms with Gasteiger partial charge >= 0.3 is 0 Å². The zero-order valence-electron chi connectivity index (χ0n) is 16.3. The van der Waals surface area contributed by atoms with Gasteiger partial charge in [-0.2, -0.15) is 9.67 Å². The summed E-state index contributed by atoms with van der Waals surface area (Å²) in [5, 5.41) is 10.4. The first-order valence-corrected chi connectivity index (χ1v) is 9.37. The summed E-state index contributed by atoms with van der Waals surface area (Å²) in [6.45, 7) is 4.66. The van der Waals surface area contributed by atoms with Crippen molar-refractivity contribution in [1.29, 1.82) is 0 Å². The van der Waals surface area contributed by atoms with Crippen LogP contribution in [0.4, 0.5) is 20.7 Å². The number of halogens is 2. The molecule has 0 radical (unpaired) electrons. The molecule has 3 rings (SSSR count). The number of aromatic nitrogens is 3. The third-order valence-corrected chi connectivity index (χ3v) is 4.15. The Morgan fingerprint density at radius 3 is 1.97 bits per heavy atom. The number of rotatable bonds is 8. The van der Waals surface area contributed by atoms with Gasteiger partial charge in [0.05, 0.1) is 0 Å². The van der Waals surface area contributed by atoms with Crippen LogP contribution in [0, 0.1) is 17.6 Å².